The molecule has 0 radical (unpaired) electrons. The van der Waals surface area contributed by atoms with Crippen LogP contribution in [0.1, 0.15) is 11.1 Å². The lowest BCUT2D eigenvalue weighted by atomic mass is 10.1. The minimum Gasteiger partial charge on any atom is -0.490 e. The highest BCUT2D eigenvalue weighted by Crippen LogP contribution is 2.26. The van der Waals surface area contributed by atoms with Gasteiger partial charge in [0.05, 0.1) is 26.0 Å². The predicted octanol–water partition coefficient (Wildman–Crippen LogP) is 4.01. The smallest absolute Gasteiger partial charge is 0.316 e. The molecule has 0 aliphatic heterocycles. The molecule has 2 aromatic heterocycles. The Hall–Kier alpha value is -3.87. The van der Waals surface area contributed by atoms with E-state index >= 15 is 0 Å². The standard InChI is InChI=1S/C22H20N4O3/c1-15-8-9-17(21-23-10-11-29-21)12-18(15)24-22-25-20(27)19(28-2)14-26(22)13-16-6-4-3-5-7-16/h3-12,14H,13H2,1-2H3,(H,24,25,27). The van der Waals surface area contributed by atoms with Crippen LogP contribution in [0.2, 0.25) is 0 Å². The van der Waals surface area contributed by atoms with Crippen LogP contribution >= 0.6 is 0 Å². The number of oxazole rings is 1. The molecule has 2 aromatic carbocycles. The van der Waals surface area contributed by atoms with Crippen LogP contribution in [0.3, 0.4) is 0 Å². The molecule has 0 unspecified atom stereocenters. The van der Waals surface area contributed by atoms with Crippen LogP contribution in [0.4, 0.5) is 11.6 Å². The zero-order valence-electron chi connectivity index (χ0n) is 16.1. The third-order valence-electron chi connectivity index (χ3n) is 4.54. The van der Waals surface area contributed by atoms with E-state index in [-0.39, 0.29) is 5.75 Å². The summed E-state index contributed by atoms with van der Waals surface area (Å²) in [6, 6.07) is 15.8. The number of hydrogen-bond acceptors (Lipinski definition) is 6. The van der Waals surface area contributed by atoms with Crippen molar-refractivity contribution in [3.8, 4) is 17.2 Å². The molecule has 0 aliphatic rings. The van der Waals surface area contributed by atoms with Gasteiger partial charge in [-0.15, -0.1) is 0 Å². The molecule has 4 rings (SSSR count). The van der Waals surface area contributed by atoms with Gasteiger partial charge in [0.15, 0.2) is 0 Å². The highest BCUT2D eigenvalue weighted by molar-refractivity contribution is 5.67. The molecule has 0 saturated carbocycles. The Morgan fingerprint density at radius 1 is 1.17 bits per heavy atom. The molecule has 7 heteroatoms. The maximum absolute atomic E-state index is 12.3. The van der Waals surface area contributed by atoms with Gasteiger partial charge in [-0.25, -0.2) is 4.98 Å². The number of aromatic nitrogens is 3. The molecule has 0 spiro atoms. The van der Waals surface area contributed by atoms with Crippen LogP contribution in [0.5, 0.6) is 5.75 Å². The van der Waals surface area contributed by atoms with Crippen molar-refractivity contribution in [3.63, 3.8) is 0 Å². The van der Waals surface area contributed by atoms with Gasteiger partial charge in [-0.05, 0) is 30.2 Å². The van der Waals surface area contributed by atoms with Gasteiger partial charge in [-0.3, -0.25) is 4.79 Å². The van der Waals surface area contributed by atoms with Crippen molar-refractivity contribution in [2.75, 3.05) is 12.4 Å². The first kappa shape index (κ1) is 18.5. The number of methoxy groups -OCH3 is 1. The lowest BCUT2D eigenvalue weighted by Gasteiger charge is -2.16. The van der Waals surface area contributed by atoms with Gasteiger partial charge >= 0.3 is 5.56 Å². The van der Waals surface area contributed by atoms with E-state index in [2.05, 4.69) is 15.3 Å². The van der Waals surface area contributed by atoms with Gasteiger partial charge in [0, 0.05) is 11.3 Å². The molecule has 4 aromatic rings. The molecular weight excluding hydrogens is 368 g/mol. The Morgan fingerprint density at radius 3 is 2.72 bits per heavy atom. The van der Waals surface area contributed by atoms with Gasteiger partial charge < -0.3 is 19.0 Å². The summed E-state index contributed by atoms with van der Waals surface area (Å²) in [7, 11) is 1.46. The molecule has 0 atom stereocenters. The summed E-state index contributed by atoms with van der Waals surface area (Å²) in [6.07, 6.45) is 4.80. The molecule has 0 saturated heterocycles. The van der Waals surface area contributed by atoms with E-state index in [4.69, 9.17) is 9.15 Å². The van der Waals surface area contributed by atoms with Gasteiger partial charge in [-0.2, -0.15) is 4.98 Å². The normalized spacial score (nSPS) is 10.7. The van der Waals surface area contributed by atoms with Gasteiger partial charge in [0.1, 0.15) is 6.26 Å². The average molecular weight is 388 g/mol. The molecule has 7 nitrogen and oxygen atoms in total. The zero-order valence-corrected chi connectivity index (χ0v) is 16.1. The molecule has 0 aliphatic carbocycles. The first-order valence-electron chi connectivity index (χ1n) is 9.11. The van der Waals surface area contributed by atoms with Gasteiger partial charge in [0.2, 0.25) is 17.6 Å². The number of hydrogen-bond donors (Lipinski definition) is 1. The molecule has 1 N–H and O–H groups in total. The highest BCUT2D eigenvalue weighted by Gasteiger charge is 2.12. The number of nitrogens with zero attached hydrogens (tertiary/aromatic N) is 3. The first-order chi connectivity index (χ1) is 14.1. The molecule has 29 heavy (non-hydrogen) atoms. The fraction of sp³-hybridized carbons (Fsp3) is 0.136. The monoisotopic (exact) mass is 388 g/mol. The Bertz CT molecular complexity index is 1170. The van der Waals surface area contributed by atoms with Crippen molar-refractivity contribution in [1.29, 1.82) is 0 Å². The minimum atomic E-state index is -0.430. The van der Waals surface area contributed by atoms with Crippen molar-refractivity contribution in [3.05, 3.63) is 88.7 Å². The fourth-order valence-electron chi connectivity index (χ4n) is 2.99. The summed E-state index contributed by atoms with van der Waals surface area (Å²) >= 11 is 0. The number of nitrogens with one attached hydrogen (secondary N) is 1. The Balaban J connectivity index is 1.74. The largest absolute Gasteiger partial charge is 0.490 e. The van der Waals surface area contributed by atoms with E-state index in [1.54, 1.807) is 12.4 Å². The van der Waals surface area contributed by atoms with Crippen molar-refractivity contribution in [2.24, 2.45) is 0 Å². The van der Waals surface area contributed by atoms with Crippen LogP contribution in [0, 0.1) is 6.92 Å². The third kappa shape index (κ3) is 4.03. The number of aryl methyl sites for hydroxylation is 1. The van der Waals surface area contributed by atoms with Crippen molar-refractivity contribution >= 4 is 11.6 Å². The highest BCUT2D eigenvalue weighted by atomic mass is 16.5. The second kappa shape index (κ2) is 8.02. The van der Waals surface area contributed by atoms with E-state index in [9.17, 15) is 4.79 Å². The average Bonchev–Trinajstić information content (AvgIpc) is 3.27. The van der Waals surface area contributed by atoms with Crippen LogP contribution in [-0.4, -0.2) is 21.6 Å². The zero-order chi connectivity index (χ0) is 20.2. The van der Waals surface area contributed by atoms with E-state index in [0.29, 0.717) is 18.4 Å². The van der Waals surface area contributed by atoms with Gasteiger partial charge in [-0.1, -0.05) is 36.4 Å². The number of benzene rings is 2. The fourth-order valence-corrected chi connectivity index (χ4v) is 2.99. The van der Waals surface area contributed by atoms with Crippen LogP contribution in [-0.2, 0) is 6.54 Å². The molecule has 0 bridgehead atoms. The summed E-state index contributed by atoms with van der Waals surface area (Å²) in [5.41, 5.74) is 3.28. The Morgan fingerprint density at radius 2 is 2.00 bits per heavy atom. The van der Waals surface area contributed by atoms with E-state index in [1.807, 2.05) is 60.0 Å². The number of anilines is 2. The van der Waals surface area contributed by atoms with Crippen LogP contribution in [0.25, 0.3) is 11.5 Å². The maximum atomic E-state index is 12.3. The van der Waals surface area contributed by atoms with Crippen LogP contribution < -0.4 is 15.6 Å². The van der Waals surface area contributed by atoms with Crippen molar-refractivity contribution in [1.82, 2.24) is 14.5 Å². The minimum absolute atomic E-state index is 0.191. The Labute approximate surface area is 167 Å². The second-order valence-electron chi connectivity index (χ2n) is 6.54. The van der Waals surface area contributed by atoms with Crippen molar-refractivity contribution < 1.29 is 9.15 Å². The van der Waals surface area contributed by atoms with E-state index in [0.717, 1.165) is 22.4 Å². The summed E-state index contributed by atoms with van der Waals surface area (Å²) in [4.78, 5) is 20.7. The molecule has 2 heterocycles. The number of rotatable bonds is 6. The third-order valence-corrected chi connectivity index (χ3v) is 4.54. The van der Waals surface area contributed by atoms with Crippen molar-refractivity contribution in [2.45, 2.75) is 13.5 Å². The summed E-state index contributed by atoms with van der Waals surface area (Å²) in [5, 5.41) is 3.28. The quantitative estimate of drug-likeness (QED) is 0.537. The lowest BCUT2D eigenvalue weighted by Crippen LogP contribution is -2.19. The van der Waals surface area contributed by atoms with E-state index < -0.39 is 5.56 Å². The molecular formula is C22H20N4O3. The SMILES string of the molecule is COc1cn(Cc2ccccc2)c(Nc2cc(-c3ncco3)ccc2C)nc1=O. The molecule has 0 fully saturated rings. The molecule has 146 valence electrons. The summed E-state index contributed by atoms with van der Waals surface area (Å²) in [6.45, 7) is 2.51. The van der Waals surface area contributed by atoms with E-state index in [1.165, 1.54) is 13.4 Å². The number of ether oxygens (including phenoxy) is 1. The Kier molecular flexibility index (Phi) is 5.11. The molecule has 0 amide bonds. The summed E-state index contributed by atoms with van der Waals surface area (Å²) in [5.74, 6) is 1.14. The maximum Gasteiger partial charge on any atom is 0.316 e. The topological polar surface area (TPSA) is 82.2 Å². The lowest BCUT2D eigenvalue weighted by molar-refractivity contribution is 0.402. The first-order valence-corrected chi connectivity index (χ1v) is 9.11. The second-order valence-corrected chi connectivity index (χ2v) is 6.54. The predicted molar refractivity (Wildman–Crippen MR) is 111 cm³/mol. The summed E-state index contributed by atoms with van der Waals surface area (Å²) < 4.78 is 12.4. The van der Waals surface area contributed by atoms with Crippen LogP contribution in [0.15, 0.2) is 76.4 Å². The van der Waals surface area contributed by atoms with Gasteiger partial charge in [0.25, 0.3) is 0 Å².